The van der Waals surface area contributed by atoms with E-state index in [1.54, 1.807) is 0 Å². The normalized spacial score (nSPS) is 21.2. The molecule has 3 nitrogen and oxygen atoms in total. The maximum absolute atomic E-state index is 12.4. The Labute approximate surface area is 152 Å². The Bertz CT molecular complexity index is 738. The quantitative estimate of drug-likeness (QED) is 0.661. The third kappa shape index (κ3) is 3.75. The fourth-order valence-electron chi connectivity index (χ4n) is 3.32. The van der Waals surface area contributed by atoms with Gasteiger partial charge in [0, 0.05) is 24.3 Å². The number of halogens is 1. The van der Waals surface area contributed by atoms with Crippen molar-refractivity contribution >= 4 is 32.8 Å². The highest BCUT2D eigenvalue weighted by Crippen LogP contribution is 2.35. The predicted octanol–water partition coefficient (Wildman–Crippen LogP) is 5.19. The van der Waals surface area contributed by atoms with Crippen LogP contribution in [0.5, 0.6) is 0 Å². The lowest BCUT2D eigenvalue weighted by Crippen LogP contribution is -2.35. The van der Waals surface area contributed by atoms with Gasteiger partial charge in [-0.2, -0.15) is 0 Å². The van der Waals surface area contributed by atoms with E-state index in [9.17, 15) is 4.79 Å². The largest absolute Gasteiger partial charge is 0.444 e. The van der Waals surface area contributed by atoms with Gasteiger partial charge in [0.05, 0.1) is 0 Å². The Kier molecular flexibility index (Phi) is 4.86. The summed E-state index contributed by atoms with van der Waals surface area (Å²) in [6, 6.07) is 15.0. The van der Waals surface area contributed by atoms with Gasteiger partial charge in [0.2, 0.25) is 0 Å². The molecule has 0 spiro atoms. The van der Waals surface area contributed by atoms with E-state index in [2.05, 4.69) is 58.4 Å². The number of amides is 1. The van der Waals surface area contributed by atoms with Gasteiger partial charge < -0.3 is 9.64 Å². The summed E-state index contributed by atoms with van der Waals surface area (Å²) in [7, 11) is 0. The van der Waals surface area contributed by atoms with Gasteiger partial charge in [0.25, 0.3) is 0 Å². The Morgan fingerprint density at radius 1 is 1.17 bits per heavy atom. The smallest absolute Gasteiger partial charge is 0.410 e. The Hall–Kier alpha value is -1.55. The number of likely N-dealkylation sites (tertiary alicyclic amines) is 1. The summed E-state index contributed by atoms with van der Waals surface area (Å²) in [5.41, 5.74) is 0.839. The molecule has 1 heterocycles. The summed E-state index contributed by atoms with van der Waals surface area (Å²) in [6.07, 6.45) is -0.211. The number of ether oxygens (including phenoxy) is 1. The molecule has 0 N–H and O–H groups in total. The topological polar surface area (TPSA) is 29.5 Å². The van der Waals surface area contributed by atoms with Crippen molar-refractivity contribution in [2.24, 2.45) is 5.92 Å². The number of nitrogens with zero attached hydrogens (tertiary/aromatic N) is 1. The number of alkyl halides is 1. The van der Waals surface area contributed by atoms with E-state index >= 15 is 0 Å². The molecule has 3 rings (SSSR count). The van der Waals surface area contributed by atoms with Gasteiger partial charge in [-0.1, -0.05) is 58.4 Å². The van der Waals surface area contributed by atoms with E-state index in [1.165, 1.54) is 16.3 Å². The first-order valence-electron chi connectivity index (χ1n) is 8.40. The van der Waals surface area contributed by atoms with Gasteiger partial charge in [-0.05, 0) is 43.0 Å². The summed E-state index contributed by atoms with van der Waals surface area (Å²) in [4.78, 5) is 14.2. The molecule has 1 aliphatic rings. The minimum atomic E-state index is -0.456. The number of carbonyl (C=O) groups excluding carboxylic acids is 1. The summed E-state index contributed by atoms with van der Waals surface area (Å²) in [6.45, 7) is 7.17. The zero-order valence-electron chi connectivity index (χ0n) is 14.5. The molecule has 2 aromatic rings. The maximum Gasteiger partial charge on any atom is 0.410 e. The molecule has 4 heteroatoms. The van der Waals surface area contributed by atoms with Gasteiger partial charge in [-0.3, -0.25) is 0 Å². The van der Waals surface area contributed by atoms with Crippen LogP contribution in [-0.4, -0.2) is 35.0 Å². The van der Waals surface area contributed by atoms with Crippen LogP contribution in [0.1, 0.15) is 32.3 Å². The molecule has 0 unspecified atom stereocenters. The third-order valence-electron chi connectivity index (χ3n) is 4.49. The van der Waals surface area contributed by atoms with E-state index in [-0.39, 0.29) is 6.09 Å². The number of fused-ring (bicyclic) bond motifs is 1. The zero-order valence-corrected chi connectivity index (χ0v) is 16.0. The van der Waals surface area contributed by atoms with Crippen LogP contribution in [0.4, 0.5) is 4.79 Å². The predicted molar refractivity (Wildman–Crippen MR) is 102 cm³/mol. The maximum atomic E-state index is 12.4. The monoisotopic (exact) mass is 389 g/mol. The van der Waals surface area contributed by atoms with Gasteiger partial charge in [-0.15, -0.1) is 0 Å². The SMILES string of the molecule is CC(C)(C)OC(=O)N1C[C@H](CBr)[C@@H](c2ccc3ccccc3c2)C1. The average molecular weight is 390 g/mol. The van der Waals surface area contributed by atoms with Crippen LogP contribution < -0.4 is 0 Å². The number of hydrogen-bond acceptors (Lipinski definition) is 2. The molecule has 1 amide bonds. The molecule has 0 radical (unpaired) electrons. The van der Waals surface area contributed by atoms with Crippen LogP contribution in [0.25, 0.3) is 10.8 Å². The van der Waals surface area contributed by atoms with Gasteiger partial charge in [0.15, 0.2) is 0 Å². The standard InChI is InChI=1S/C20H24BrNO2/c1-20(2,3)24-19(23)22-12-17(11-21)18(13-22)16-9-8-14-6-4-5-7-15(14)10-16/h4-10,17-18H,11-13H2,1-3H3/t17-,18+/m0/s1. The minimum absolute atomic E-state index is 0.211. The second-order valence-electron chi connectivity index (χ2n) is 7.51. The number of rotatable bonds is 2. The van der Waals surface area contributed by atoms with Crippen molar-refractivity contribution < 1.29 is 9.53 Å². The second-order valence-corrected chi connectivity index (χ2v) is 8.16. The van der Waals surface area contributed by atoms with Crippen LogP contribution >= 0.6 is 15.9 Å². The van der Waals surface area contributed by atoms with Crippen molar-refractivity contribution in [3.05, 3.63) is 48.0 Å². The van der Waals surface area contributed by atoms with E-state index in [1.807, 2.05) is 25.7 Å². The molecule has 1 fully saturated rings. The first-order valence-corrected chi connectivity index (χ1v) is 9.52. The molecule has 128 valence electrons. The highest BCUT2D eigenvalue weighted by atomic mass is 79.9. The number of benzene rings is 2. The van der Waals surface area contributed by atoms with Gasteiger partial charge >= 0.3 is 6.09 Å². The Morgan fingerprint density at radius 3 is 2.54 bits per heavy atom. The molecular formula is C20H24BrNO2. The first kappa shape index (κ1) is 17.3. The summed E-state index contributed by atoms with van der Waals surface area (Å²) in [5.74, 6) is 0.736. The van der Waals surface area contributed by atoms with E-state index < -0.39 is 5.60 Å². The van der Waals surface area contributed by atoms with E-state index in [0.717, 1.165) is 11.9 Å². The van der Waals surface area contributed by atoms with Crippen LogP contribution in [0.3, 0.4) is 0 Å². The van der Waals surface area contributed by atoms with E-state index in [4.69, 9.17) is 4.74 Å². The van der Waals surface area contributed by atoms with Crippen LogP contribution in [-0.2, 0) is 4.74 Å². The van der Waals surface area contributed by atoms with Crippen molar-refractivity contribution in [3.8, 4) is 0 Å². The van der Waals surface area contributed by atoms with Crippen molar-refractivity contribution in [2.45, 2.75) is 32.3 Å². The molecule has 2 atom stereocenters. The molecule has 0 aromatic heterocycles. The third-order valence-corrected chi connectivity index (χ3v) is 5.32. The molecule has 0 saturated carbocycles. The molecule has 1 saturated heterocycles. The van der Waals surface area contributed by atoms with Crippen LogP contribution in [0.15, 0.2) is 42.5 Å². The lowest BCUT2D eigenvalue weighted by Gasteiger charge is -2.24. The lowest BCUT2D eigenvalue weighted by molar-refractivity contribution is 0.0288. The number of hydrogen-bond donors (Lipinski definition) is 0. The van der Waals surface area contributed by atoms with Crippen LogP contribution in [0, 0.1) is 5.92 Å². The minimum Gasteiger partial charge on any atom is -0.444 e. The Balaban J connectivity index is 1.82. The lowest BCUT2D eigenvalue weighted by atomic mass is 9.89. The van der Waals surface area contributed by atoms with Crippen molar-refractivity contribution in [3.63, 3.8) is 0 Å². The van der Waals surface area contributed by atoms with Gasteiger partial charge in [0.1, 0.15) is 5.60 Å². The fourth-order valence-corrected chi connectivity index (χ4v) is 3.98. The molecule has 0 aliphatic carbocycles. The first-order chi connectivity index (χ1) is 11.4. The van der Waals surface area contributed by atoms with Crippen LogP contribution in [0.2, 0.25) is 0 Å². The molecule has 0 bridgehead atoms. The van der Waals surface area contributed by atoms with Crippen molar-refractivity contribution in [2.75, 3.05) is 18.4 Å². The molecule has 1 aliphatic heterocycles. The summed E-state index contributed by atoms with van der Waals surface area (Å²) < 4.78 is 5.54. The highest BCUT2D eigenvalue weighted by Gasteiger charge is 2.37. The Morgan fingerprint density at radius 2 is 1.88 bits per heavy atom. The average Bonchev–Trinajstić information content (AvgIpc) is 2.97. The fraction of sp³-hybridized carbons (Fsp3) is 0.450. The summed E-state index contributed by atoms with van der Waals surface area (Å²) >= 11 is 3.62. The summed E-state index contributed by atoms with van der Waals surface area (Å²) in [5, 5.41) is 3.38. The van der Waals surface area contributed by atoms with Crippen molar-refractivity contribution in [1.82, 2.24) is 4.90 Å². The number of carbonyl (C=O) groups is 1. The second kappa shape index (κ2) is 6.75. The molecule has 2 aromatic carbocycles. The van der Waals surface area contributed by atoms with Gasteiger partial charge in [-0.25, -0.2) is 4.79 Å². The molecular weight excluding hydrogens is 366 g/mol. The zero-order chi connectivity index (χ0) is 17.3. The van der Waals surface area contributed by atoms with Crippen molar-refractivity contribution in [1.29, 1.82) is 0 Å². The van der Waals surface area contributed by atoms with E-state index in [0.29, 0.717) is 18.4 Å². The molecule has 24 heavy (non-hydrogen) atoms. The highest BCUT2D eigenvalue weighted by molar-refractivity contribution is 9.09.